The van der Waals surface area contributed by atoms with Gasteiger partial charge in [0.1, 0.15) is 11.6 Å². The van der Waals surface area contributed by atoms with Gasteiger partial charge in [-0.3, -0.25) is 9.69 Å². The number of hydrogen-bond donors (Lipinski definition) is 1. The molecular weight excluding hydrogens is 504 g/mol. The molecule has 3 aromatic carbocycles. The van der Waals surface area contributed by atoms with Crippen LogP contribution in [0, 0.1) is 12.8 Å². The number of carbonyl (C=O) groups is 2. The monoisotopic (exact) mass is 538 g/mol. The first-order valence-corrected chi connectivity index (χ1v) is 13.6. The number of ether oxygens (including phenoxy) is 2. The van der Waals surface area contributed by atoms with Crippen LogP contribution >= 0.6 is 0 Å². The first-order valence-electron chi connectivity index (χ1n) is 13.6. The van der Waals surface area contributed by atoms with Crippen molar-refractivity contribution in [3.8, 4) is 16.9 Å². The van der Waals surface area contributed by atoms with E-state index in [2.05, 4.69) is 30.1 Å². The molecule has 0 aliphatic heterocycles. The molecule has 1 amide bonds. The number of amides is 1. The van der Waals surface area contributed by atoms with Crippen LogP contribution in [0.4, 0.5) is 5.82 Å². The normalized spacial score (nSPS) is 16.9. The van der Waals surface area contributed by atoms with Gasteiger partial charge in [0, 0.05) is 17.5 Å². The molecular formula is C33H34N2O5. The molecule has 1 aliphatic rings. The van der Waals surface area contributed by atoms with Gasteiger partial charge in [-0.15, -0.1) is 0 Å². The lowest BCUT2D eigenvalue weighted by Crippen LogP contribution is -2.38. The van der Waals surface area contributed by atoms with Crippen molar-refractivity contribution in [3.05, 3.63) is 89.6 Å². The Bertz CT molecular complexity index is 1520. The lowest BCUT2D eigenvalue weighted by Gasteiger charge is -2.31. The van der Waals surface area contributed by atoms with Crippen molar-refractivity contribution in [2.75, 3.05) is 19.1 Å². The van der Waals surface area contributed by atoms with Crippen LogP contribution in [0.2, 0.25) is 0 Å². The number of methoxy groups -OCH3 is 2. The van der Waals surface area contributed by atoms with Gasteiger partial charge in [0.25, 0.3) is 0 Å². The summed E-state index contributed by atoms with van der Waals surface area (Å²) in [7, 11) is 3.01. The minimum absolute atomic E-state index is 0.00238. The summed E-state index contributed by atoms with van der Waals surface area (Å²) in [4.78, 5) is 32.6. The summed E-state index contributed by atoms with van der Waals surface area (Å²) in [5.74, 6) is 0.768. The van der Waals surface area contributed by atoms with E-state index in [0.29, 0.717) is 43.6 Å². The number of aliphatic hydroxyl groups excluding tert-OH is 1. The second kappa shape index (κ2) is 11.9. The van der Waals surface area contributed by atoms with Crippen LogP contribution in [-0.2, 0) is 16.1 Å². The summed E-state index contributed by atoms with van der Waals surface area (Å²) in [6.07, 6.45) is 3.84. The van der Waals surface area contributed by atoms with Crippen molar-refractivity contribution in [2.24, 2.45) is 5.92 Å². The van der Waals surface area contributed by atoms with E-state index in [-0.39, 0.29) is 17.9 Å². The summed E-state index contributed by atoms with van der Waals surface area (Å²) >= 11 is 0. The van der Waals surface area contributed by atoms with E-state index >= 15 is 0 Å². The second-order valence-corrected chi connectivity index (χ2v) is 10.4. The lowest BCUT2D eigenvalue weighted by atomic mass is 9.86. The SMILES string of the molecule is COC(=O)c1ccc2c(N(Cc3ccc(-c4ccc(OC)cc4)cc3C)C(=O)[C@H]3CC[C@H](O)CC3)nccc2c1. The molecule has 1 aromatic heterocycles. The summed E-state index contributed by atoms with van der Waals surface area (Å²) < 4.78 is 10.2. The molecule has 4 aromatic rings. The van der Waals surface area contributed by atoms with Gasteiger partial charge in [0.15, 0.2) is 0 Å². The van der Waals surface area contributed by atoms with Crippen LogP contribution in [-0.4, -0.2) is 42.3 Å². The minimum Gasteiger partial charge on any atom is -0.497 e. The molecule has 1 saturated carbocycles. The first kappa shape index (κ1) is 27.3. The summed E-state index contributed by atoms with van der Waals surface area (Å²) in [6.45, 7) is 2.42. The molecule has 1 fully saturated rings. The fraction of sp³-hybridized carbons (Fsp3) is 0.303. The van der Waals surface area contributed by atoms with Crippen molar-refractivity contribution in [3.63, 3.8) is 0 Å². The van der Waals surface area contributed by atoms with Gasteiger partial charge in [-0.1, -0.05) is 30.3 Å². The number of hydrogen-bond acceptors (Lipinski definition) is 6. The standard InChI is InChI=1S/C33H34N2O5/c1-21-18-24(22-8-13-29(39-2)14-9-22)4-5-27(21)20-35(32(37)23-6-11-28(36)12-7-23)31-30-15-10-26(33(38)40-3)19-25(30)16-17-34-31/h4-5,8-10,13-19,23,28,36H,6-7,11-12,20H2,1-3H3/t23-,28-. The zero-order valence-corrected chi connectivity index (χ0v) is 23.1. The zero-order valence-electron chi connectivity index (χ0n) is 23.1. The summed E-state index contributed by atoms with van der Waals surface area (Å²) in [6, 6.07) is 21.4. The van der Waals surface area contributed by atoms with Gasteiger partial charge in [-0.05, 0) is 96.6 Å². The molecule has 206 valence electrons. The van der Waals surface area contributed by atoms with Gasteiger partial charge in [-0.2, -0.15) is 0 Å². The highest BCUT2D eigenvalue weighted by molar-refractivity contribution is 6.04. The number of esters is 1. The van der Waals surface area contributed by atoms with E-state index < -0.39 is 5.97 Å². The van der Waals surface area contributed by atoms with Crippen LogP contribution in [0.15, 0.2) is 72.9 Å². The van der Waals surface area contributed by atoms with Crippen molar-refractivity contribution in [1.82, 2.24) is 4.98 Å². The number of aliphatic hydroxyl groups is 1. The zero-order chi connectivity index (χ0) is 28.2. The van der Waals surface area contributed by atoms with Gasteiger partial charge >= 0.3 is 5.97 Å². The highest BCUT2D eigenvalue weighted by Gasteiger charge is 2.31. The second-order valence-electron chi connectivity index (χ2n) is 10.4. The highest BCUT2D eigenvalue weighted by Crippen LogP contribution is 2.33. The third-order valence-corrected chi connectivity index (χ3v) is 7.83. The Kier molecular flexibility index (Phi) is 8.12. The highest BCUT2D eigenvalue weighted by atomic mass is 16.5. The van der Waals surface area contributed by atoms with Crippen LogP contribution < -0.4 is 9.64 Å². The lowest BCUT2D eigenvalue weighted by molar-refractivity contribution is -0.124. The summed E-state index contributed by atoms with van der Waals surface area (Å²) in [5, 5.41) is 11.6. The van der Waals surface area contributed by atoms with Crippen molar-refractivity contribution < 1.29 is 24.2 Å². The summed E-state index contributed by atoms with van der Waals surface area (Å²) in [5.41, 5.74) is 4.70. The van der Waals surface area contributed by atoms with Gasteiger partial charge in [0.2, 0.25) is 5.91 Å². The minimum atomic E-state index is -0.415. The predicted octanol–water partition coefficient (Wildman–Crippen LogP) is 6.09. The van der Waals surface area contributed by atoms with E-state index in [1.54, 1.807) is 30.3 Å². The molecule has 0 radical (unpaired) electrons. The van der Waals surface area contributed by atoms with E-state index in [1.807, 2.05) is 36.4 Å². The van der Waals surface area contributed by atoms with Gasteiger partial charge < -0.3 is 14.6 Å². The quantitative estimate of drug-likeness (QED) is 0.287. The Morgan fingerprint density at radius 2 is 1.65 bits per heavy atom. The number of fused-ring (bicyclic) bond motifs is 1. The number of rotatable bonds is 7. The van der Waals surface area contributed by atoms with E-state index in [0.717, 1.165) is 38.8 Å². The third kappa shape index (κ3) is 5.70. The number of aryl methyl sites for hydroxylation is 1. The fourth-order valence-corrected chi connectivity index (χ4v) is 5.43. The molecule has 0 spiro atoms. The van der Waals surface area contributed by atoms with Crippen LogP contribution in [0.25, 0.3) is 21.9 Å². The van der Waals surface area contributed by atoms with Gasteiger partial charge in [0.05, 0.1) is 32.4 Å². The molecule has 0 unspecified atom stereocenters. The molecule has 0 atom stereocenters. The Morgan fingerprint density at radius 1 is 0.925 bits per heavy atom. The molecule has 7 heteroatoms. The smallest absolute Gasteiger partial charge is 0.337 e. The maximum Gasteiger partial charge on any atom is 0.337 e. The Morgan fingerprint density at radius 3 is 2.33 bits per heavy atom. The maximum atomic E-state index is 14.1. The van der Waals surface area contributed by atoms with Crippen LogP contribution in [0.5, 0.6) is 5.75 Å². The number of benzene rings is 3. The van der Waals surface area contributed by atoms with Crippen LogP contribution in [0.3, 0.4) is 0 Å². The van der Waals surface area contributed by atoms with Gasteiger partial charge in [-0.25, -0.2) is 9.78 Å². The Balaban J connectivity index is 1.52. The topological polar surface area (TPSA) is 89.0 Å². The van der Waals surface area contributed by atoms with Crippen molar-refractivity contribution in [1.29, 1.82) is 0 Å². The first-order chi connectivity index (χ1) is 19.4. The molecule has 1 aliphatic carbocycles. The van der Waals surface area contributed by atoms with E-state index in [1.165, 1.54) is 7.11 Å². The molecule has 7 nitrogen and oxygen atoms in total. The van der Waals surface area contributed by atoms with Crippen molar-refractivity contribution in [2.45, 2.75) is 45.3 Å². The van der Waals surface area contributed by atoms with E-state index in [4.69, 9.17) is 9.47 Å². The number of pyridine rings is 1. The maximum absolute atomic E-state index is 14.1. The number of carbonyl (C=O) groups excluding carboxylic acids is 2. The Hall–Kier alpha value is -4.23. The molecule has 40 heavy (non-hydrogen) atoms. The third-order valence-electron chi connectivity index (χ3n) is 7.83. The molecule has 0 bridgehead atoms. The molecule has 1 heterocycles. The largest absolute Gasteiger partial charge is 0.497 e. The fourth-order valence-electron chi connectivity index (χ4n) is 5.43. The average Bonchev–Trinajstić information content (AvgIpc) is 2.99. The predicted molar refractivity (Wildman–Crippen MR) is 155 cm³/mol. The number of nitrogens with zero attached hydrogens (tertiary/aromatic N) is 2. The van der Waals surface area contributed by atoms with E-state index in [9.17, 15) is 14.7 Å². The average molecular weight is 539 g/mol. The molecule has 0 saturated heterocycles. The van der Waals surface area contributed by atoms with Crippen molar-refractivity contribution >= 4 is 28.5 Å². The number of aromatic nitrogens is 1. The number of anilines is 1. The molecule has 5 rings (SSSR count). The Labute approximate surface area is 234 Å². The van der Waals surface area contributed by atoms with Crippen LogP contribution in [0.1, 0.15) is 47.2 Å². The molecule has 1 N–H and O–H groups in total.